The van der Waals surface area contributed by atoms with Gasteiger partial charge in [-0.05, 0) is 12.1 Å². The molecule has 0 saturated carbocycles. The third-order valence-electron chi connectivity index (χ3n) is 5.60. The largest absolute Gasteiger partial charge is 0.383 e. The maximum atomic E-state index is 12.7. The molecule has 0 aliphatic carbocycles. The molecular formula is C22H25N5O3S. The average molecular weight is 440 g/mol. The van der Waals surface area contributed by atoms with Gasteiger partial charge in [-0.15, -0.1) is 11.8 Å². The van der Waals surface area contributed by atoms with Crippen LogP contribution in [0.15, 0.2) is 35.4 Å². The molecule has 0 spiro atoms. The highest BCUT2D eigenvalue weighted by Crippen LogP contribution is 2.43. The number of fused-ring (bicyclic) bond motifs is 2. The van der Waals surface area contributed by atoms with Crippen molar-refractivity contribution >= 4 is 34.4 Å². The topological polar surface area (TPSA) is 92.4 Å². The Morgan fingerprint density at radius 2 is 2.19 bits per heavy atom. The van der Waals surface area contributed by atoms with Crippen LogP contribution in [-0.2, 0) is 20.7 Å². The first-order valence-corrected chi connectivity index (χ1v) is 11.4. The molecular weight excluding hydrogens is 414 g/mol. The standard InChI is InChI=1S/C22H25N5O3S/c1-29-10-7-24-22(28)18-13-17-19(31-18)21(27-8-11-30-12-9-27)26-20(25-17)15-3-2-4-16-14(15)5-6-23-16/h2-6,18,23H,7-13H2,1H3,(H,24,28). The maximum Gasteiger partial charge on any atom is 0.233 e. The number of benzene rings is 1. The Bertz CT molecular complexity index is 1100. The second kappa shape index (κ2) is 8.86. The summed E-state index contributed by atoms with van der Waals surface area (Å²) in [6, 6.07) is 8.17. The van der Waals surface area contributed by atoms with Gasteiger partial charge >= 0.3 is 0 Å². The van der Waals surface area contributed by atoms with Crippen molar-refractivity contribution < 1.29 is 14.3 Å². The molecule has 31 heavy (non-hydrogen) atoms. The van der Waals surface area contributed by atoms with Gasteiger partial charge < -0.3 is 24.7 Å². The summed E-state index contributed by atoms with van der Waals surface area (Å²) >= 11 is 1.57. The van der Waals surface area contributed by atoms with Crippen molar-refractivity contribution in [3.05, 3.63) is 36.2 Å². The number of thioether (sulfide) groups is 1. The normalized spacial score (nSPS) is 18.4. The Labute approximate surface area is 184 Å². The van der Waals surface area contributed by atoms with Crippen LogP contribution in [0, 0.1) is 0 Å². The van der Waals surface area contributed by atoms with Gasteiger partial charge in [-0.25, -0.2) is 9.97 Å². The molecule has 5 rings (SSSR count). The zero-order valence-corrected chi connectivity index (χ0v) is 18.2. The van der Waals surface area contributed by atoms with Crippen molar-refractivity contribution in [1.29, 1.82) is 0 Å². The first kappa shape index (κ1) is 20.3. The van der Waals surface area contributed by atoms with E-state index in [1.165, 1.54) is 0 Å². The number of aromatic nitrogens is 3. The van der Waals surface area contributed by atoms with Crippen molar-refractivity contribution in [2.24, 2.45) is 0 Å². The zero-order chi connectivity index (χ0) is 21.2. The van der Waals surface area contributed by atoms with Gasteiger partial charge in [-0.3, -0.25) is 4.79 Å². The predicted molar refractivity (Wildman–Crippen MR) is 121 cm³/mol. The summed E-state index contributed by atoms with van der Waals surface area (Å²) in [7, 11) is 1.63. The highest BCUT2D eigenvalue weighted by Gasteiger charge is 2.34. The summed E-state index contributed by atoms with van der Waals surface area (Å²) in [6.07, 6.45) is 2.52. The number of anilines is 1. The number of aromatic amines is 1. The summed E-state index contributed by atoms with van der Waals surface area (Å²) in [5, 5.41) is 3.84. The van der Waals surface area contributed by atoms with E-state index in [1.807, 2.05) is 18.3 Å². The summed E-state index contributed by atoms with van der Waals surface area (Å²) in [5.74, 6) is 1.63. The second-order valence-corrected chi connectivity index (χ2v) is 8.80. The van der Waals surface area contributed by atoms with Gasteiger partial charge in [0.1, 0.15) is 5.82 Å². The van der Waals surface area contributed by atoms with E-state index in [2.05, 4.69) is 27.3 Å². The van der Waals surface area contributed by atoms with Gasteiger partial charge in [0, 0.05) is 55.8 Å². The van der Waals surface area contributed by atoms with E-state index < -0.39 is 0 Å². The summed E-state index contributed by atoms with van der Waals surface area (Å²) in [6.45, 7) is 3.91. The van der Waals surface area contributed by atoms with Gasteiger partial charge in [-0.2, -0.15) is 0 Å². The molecule has 2 aromatic heterocycles. The van der Waals surface area contributed by atoms with Crippen molar-refractivity contribution in [2.45, 2.75) is 16.6 Å². The molecule has 1 amide bonds. The minimum atomic E-state index is -0.209. The third-order valence-corrected chi connectivity index (χ3v) is 6.92. The monoisotopic (exact) mass is 439 g/mol. The smallest absolute Gasteiger partial charge is 0.233 e. The lowest BCUT2D eigenvalue weighted by Gasteiger charge is -2.29. The number of nitrogens with zero attached hydrogens (tertiary/aromatic N) is 3. The lowest BCUT2D eigenvalue weighted by Crippen LogP contribution is -2.37. The maximum absolute atomic E-state index is 12.7. The molecule has 1 saturated heterocycles. The molecule has 3 aromatic rings. The van der Waals surface area contributed by atoms with Gasteiger partial charge in [0.25, 0.3) is 0 Å². The Morgan fingerprint density at radius 1 is 1.32 bits per heavy atom. The number of amides is 1. The first-order chi connectivity index (χ1) is 15.2. The van der Waals surface area contributed by atoms with Crippen molar-refractivity contribution in [1.82, 2.24) is 20.3 Å². The number of nitrogens with one attached hydrogen (secondary N) is 2. The fourth-order valence-corrected chi connectivity index (χ4v) is 5.29. The SMILES string of the molecule is COCCNC(=O)C1Cc2nc(-c3cccc4[nH]ccc34)nc(N3CCOCC3)c2S1. The van der Waals surface area contributed by atoms with E-state index in [0.29, 0.717) is 38.6 Å². The molecule has 9 heteroatoms. The van der Waals surface area contributed by atoms with Crippen molar-refractivity contribution in [2.75, 3.05) is 51.5 Å². The van der Waals surface area contributed by atoms with Crippen LogP contribution in [0.1, 0.15) is 5.69 Å². The highest BCUT2D eigenvalue weighted by atomic mass is 32.2. The molecule has 2 aliphatic rings. The first-order valence-electron chi connectivity index (χ1n) is 10.5. The Balaban J connectivity index is 1.52. The second-order valence-electron chi connectivity index (χ2n) is 7.58. The number of rotatable bonds is 6. The van der Waals surface area contributed by atoms with E-state index in [-0.39, 0.29) is 11.2 Å². The van der Waals surface area contributed by atoms with Crippen molar-refractivity contribution in [3.8, 4) is 11.4 Å². The van der Waals surface area contributed by atoms with Crippen LogP contribution in [0.5, 0.6) is 0 Å². The summed E-state index contributed by atoms with van der Waals surface area (Å²) < 4.78 is 10.6. The molecule has 4 heterocycles. The Hall–Kier alpha value is -2.62. The fourth-order valence-electron chi connectivity index (χ4n) is 4.03. The number of ether oxygens (including phenoxy) is 2. The van der Waals surface area contributed by atoms with Gasteiger partial charge in [0.2, 0.25) is 5.91 Å². The van der Waals surface area contributed by atoms with E-state index in [9.17, 15) is 4.79 Å². The Kier molecular flexibility index (Phi) is 5.80. The molecule has 0 bridgehead atoms. The lowest BCUT2D eigenvalue weighted by molar-refractivity contribution is -0.120. The van der Waals surface area contributed by atoms with Crippen LogP contribution in [0.25, 0.3) is 22.3 Å². The van der Waals surface area contributed by atoms with Crippen LogP contribution in [0.3, 0.4) is 0 Å². The number of morpholine rings is 1. The van der Waals surface area contributed by atoms with Crippen LogP contribution >= 0.6 is 11.8 Å². The van der Waals surface area contributed by atoms with Crippen LogP contribution in [0.2, 0.25) is 0 Å². The van der Waals surface area contributed by atoms with Crippen molar-refractivity contribution in [3.63, 3.8) is 0 Å². The minimum absolute atomic E-state index is 0.0160. The molecule has 162 valence electrons. The molecule has 1 aromatic carbocycles. The molecule has 0 radical (unpaired) electrons. The molecule has 1 atom stereocenters. The van der Waals surface area contributed by atoms with Gasteiger partial charge in [0.15, 0.2) is 5.82 Å². The average Bonchev–Trinajstić information content (AvgIpc) is 3.46. The number of H-pyrrole nitrogens is 1. The molecule has 1 fully saturated rings. The van der Waals surface area contributed by atoms with Gasteiger partial charge in [0.05, 0.1) is 35.7 Å². The number of methoxy groups -OCH3 is 1. The number of hydrogen-bond donors (Lipinski definition) is 2. The summed E-state index contributed by atoms with van der Waals surface area (Å²) in [5.41, 5.74) is 2.99. The lowest BCUT2D eigenvalue weighted by atomic mass is 10.1. The Morgan fingerprint density at radius 3 is 3.03 bits per heavy atom. The van der Waals surface area contributed by atoms with Crippen LogP contribution in [0.4, 0.5) is 5.82 Å². The molecule has 2 N–H and O–H groups in total. The highest BCUT2D eigenvalue weighted by molar-refractivity contribution is 8.01. The molecule has 2 aliphatic heterocycles. The van der Waals surface area contributed by atoms with E-state index in [0.717, 1.165) is 46.0 Å². The van der Waals surface area contributed by atoms with Crippen LogP contribution < -0.4 is 10.2 Å². The van der Waals surface area contributed by atoms with E-state index in [4.69, 9.17) is 19.4 Å². The van der Waals surface area contributed by atoms with Crippen LogP contribution in [-0.4, -0.2) is 72.7 Å². The minimum Gasteiger partial charge on any atom is -0.383 e. The fraction of sp³-hybridized carbons (Fsp3) is 0.409. The molecule has 1 unspecified atom stereocenters. The molecule has 8 nitrogen and oxygen atoms in total. The quantitative estimate of drug-likeness (QED) is 0.569. The number of carbonyl (C=O) groups excluding carboxylic acids is 1. The third kappa shape index (κ3) is 4.00. The number of hydrogen-bond acceptors (Lipinski definition) is 7. The van der Waals surface area contributed by atoms with Gasteiger partial charge in [-0.1, -0.05) is 12.1 Å². The van der Waals surface area contributed by atoms with E-state index >= 15 is 0 Å². The zero-order valence-electron chi connectivity index (χ0n) is 17.4. The predicted octanol–water partition coefficient (Wildman–Crippen LogP) is 2.24. The summed E-state index contributed by atoms with van der Waals surface area (Å²) in [4.78, 5) is 29.2. The number of carbonyl (C=O) groups is 1. The van der Waals surface area contributed by atoms with E-state index in [1.54, 1.807) is 18.9 Å².